The van der Waals surface area contributed by atoms with Crippen LogP contribution in [0.3, 0.4) is 0 Å². The lowest BCUT2D eigenvalue weighted by Gasteiger charge is -2.17. The molecule has 1 rings (SSSR count). The van der Waals surface area contributed by atoms with Gasteiger partial charge >= 0.3 is 0 Å². The largest absolute Gasteiger partial charge is 0.378 e. The Morgan fingerprint density at radius 2 is 2.30 bits per heavy atom. The SMILES string of the molecule is CC1(O)C=CC(F)=CC1=O. The molecule has 1 aliphatic rings. The van der Waals surface area contributed by atoms with E-state index in [1.165, 1.54) is 6.92 Å². The molecule has 0 heterocycles. The summed E-state index contributed by atoms with van der Waals surface area (Å²) in [4.78, 5) is 10.7. The van der Waals surface area contributed by atoms with Gasteiger partial charge in [0.05, 0.1) is 0 Å². The van der Waals surface area contributed by atoms with Crippen molar-refractivity contribution in [3.63, 3.8) is 0 Å². The molecule has 0 amide bonds. The first-order chi connectivity index (χ1) is 4.52. The first-order valence-corrected chi connectivity index (χ1v) is 2.85. The number of hydrogen-bond donors (Lipinski definition) is 1. The van der Waals surface area contributed by atoms with Crippen LogP contribution in [0.1, 0.15) is 6.92 Å². The number of carbonyl (C=O) groups is 1. The van der Waals surface area contributed by atoms with Crippen molar-refractivity contribution in [1.82, 2.24) is 0 Å². The van der Waals surface area contributed by atoms with Crippen LogP contribution >= 0.6 is 0 Å². The highest BCUT2D eigenvalue weighted by atomic mass is 19.1. The predicted octanol–water partition coefficient (Wildman–Crippen LogP) is 0.730. The topological polar surface area (TPSA) is 37.3 Å². The third-order valence-corrected chi connectivity index (χ3v) is 1.33. The van der Waals surface area contributed by atoms with Gasteiger partial charge in [-0.2, -0.15) is 0 Å². The molecule has 2 nitrogen and oxygen atoms in total. The third kappa shape index (κ3) is 1.14. The Morgan fingerprint density at radius 3 is 2.70 bits per heavy atom. The van der Waals surface area contributed by atoms with Crippen LogP contribution < -0.4 is 0 Å². The van der Waals surface area contributed by atoms with Crippen molar-refractivity contribution in [1.29, 1.82) is 0 Å². The van der Waals surface area contributed by atoms with Gasteiger partial charge in [0.2, 0.25) is 0 Å². The number of ketones is 1. The Kier molecular flexibility index (Phi) is 1.45. The molecule has 0 saturated heterocycles. The van der Waals surface area contributed by atoms with Crippen molar-refractivity contribution >= 4 is 5.78 Å². The van der Waals surface area contributed by atoms with Crippen LogP contribution in [-0.2, 0) is 4.79 Å². The zero-order valence-corrected chi connectivity index (χ0v) is 5.47. The monoisotopic (exact) mass is 142 g/mol. The summed E-state index contributed by atoms with van der Waals surface area (Å²) in [5, 5.41) is 9.11. The number of allylic oxidation sites excluding steroid dienone is 2. The maximum absolute atomic E-state index is 12.2. The molecule has 1 atom stereocenters. The van der Waals surface area contributed by atoms with E-state index in [1.807, 2.05) is 0 Å². The van der Waals surface area contributed by atoms with Crippen LogP contribution in [0.4, 0.5) is 4.39 Å². The average Bonchev–Trinajstić information content (AvgIpc) is 1.81. The molecule has 0 aromatic heterocycles. The molecular weight excluding hydrogens is 135 g/mol. The minimum atomic E-state index is -1.52. The van der Waals surface area contributed by atoms with E-state index >= 15 is 0 Å². The van der Waals surface area contributed by atoms with Crippen molar-refractivity contribution in [3.05, 3.63) is 24.1 Å². The highest BCUT2D eigenvalue weighted by Gasteiger charge is 2.27. The Hall–Kier alpha value is -0.960. The van der Waals surface area contributed by atoms with Crippen molar-refractivity contribution in [2.75, 3.05) is 0 Å². The van der Waals surface area contributed by atoms with E-state index in [-0.39, 0.29) is 0 Å². The second-order valence-corrected chi connectivity index (χ2v) is 2.37. The lowest BCUT2D eigenvalue weighted by molar-refractivity contribution is -0.126. The molecule has 0 radical (unpaired) electrons. The third-order valence-electron chi connectivity index (χ3n) is 1.33. The van der Waals surface area contributed by atoms with Crippen LogP contribution in [0, 0.1) is 0 Å². The fourth-order valence-electron chi connectivity index (χ4n) is 0.643. The average molecular weight is 142 g/mol. The van der Waals surface area contributed by atoms with Gasteiger partial charge in [-0.1, -0.05) is 0 Å². The van der Waals surface area contributed by atoms with Crippen molar-refractivity contribution in [3.8, 4) is 0 Å². The van der Waals surface area contributed by atoms with E-state index in [0.29, 0.717) is 0 Å². The molecule has 0 saturated carbocycles. The molecule has 1 N–H and O–H groups in total. The van der Waals surface area contributed by atoms with Crippen molar-refractivity contribution < 1.29 is 14.3 Å². The van der Waals surface area contributed by atoms with Gasteiger partial charge in [0.15, 0.2) is 5.78 Å². The molecule has 10 heavy (non-hydrogen) atoms. The van der Waals surface area contributed by atoms with Gasteiger partial charge in [0.1, 0.15) is 11.4 Å². The maximum atomic E-state index is 12.2. The summed E-state index contributed by atoms with van der Waals surface area (Å²) in [6, 6.07) is 0. The fourth-order valence-corrected chi connectivity index (χ4v) is 0.643. The van der Waals surface area contributed by atoms with Gasteiger partial charge in [0, 0.05) is 6.08 Å². The van der Waals surface area contributed by atoms with E-state index in [9.17, 15) is 9.18 Å². The first-order valence-electron chi connectivity index (χ1n) is 2.85. The summed E-state index contributed by atoms with van der Waals surface area (Å²) in [5.41, 5.74) is -1.52. The lowest BCUT2D eigenvalue weighted by atomic mass is 9.96. The molecule has 0 aromatic rings. The molecule has 0 aliphatic heterocycles. The number of rotatable bonds is 0. The van der Waals surface area contributed by atoms with Crippen molar-refractivity contribution in [2.45, 2.75) is 12.5 Å². The lowest BCUT2D eigenvalue weighted by Crippen LogP contribution is -2.32. The summed E-state index contributed by atoms with van der Waals surface area (Å²) in [7, 11) is 0. The standard InChI is InChI=1S/C7H7FO2/c1-7(10)3-2-5(8)4-6(7)9/h2-4,10H,1H3. The summed E-state index contributed by atoms with van der Waals surface area (Å²) < 4.78 is 12.2. The molecule has 1 unspecified atom stereocenters. The highest BCUT2D eigenvalue weighted by Crippen LogP contribution is 2.16. The van der Waals surface area contributed by atoms with E-state index in [0.717, 1.165) is 18.2 Å². The Labute approximate surface area is 57.7 Å². The smallest absolute Gasteiger partial charge is 0.193 e. The zero-order chi connectivity index (χ0) is 7.78. The number of hydrogen-bond acceptors (Lipinski definition) is 2. The van der Waals surface area contributed by atoms with Gasteiger partial charge in [-0.05, 0) is 19.1 Å². The van der Waals surface area contributed by atoms with E-state index < -0.39 is 17.2 Å². The second kappa shape index (κ2) is 2.02. The Bertz CT molecular complexity index is 226. The van der Waals surface area contributed by atoms with Gasteiger partial charge in [0.25, 0.3) is 0 Å². The molecule has 0 bridgehead atoms. The second-order valence-electron chi connectivity index (χ2n) is 2.37. The number of carbonyl (C=O) groups excluding carboxylic acids is 1. The number of aliphatic hydroxyl groups is 1. The molecule has 1 aliphatic carbocycles. The summed E-state index contributed by atoms with van der Waals surface area (Å²) >= 11 is 0. The van der Waals surface area contributed by atoms with Gasteiger partial charge < -0.3 is 5.11 Å². The van der Waals surface area contributed by atoms with Crippen molar-refractivity contribution in [2.24, 2.45) is 0 Å². The normalized spacial score (nSPS) is 32.3. The Morgan fingerprint density at radius 1 is 1.70 bits per heavy atom. The molecule has 54 valence electrons. The van der Waals surface area contributed by atoms with Crippen LogP contribution in [-0.4, -0.2) is 16.5 Å². The highest BCUT2D eigenvalue weighted by molar-refractivity contribution is 5.99. The zero-order valence-electron chi connectivity index (χ0n) is 5.47. The minimum absolute atomic E-state index is 0.614. The fraction of sp³-hybridized carbons (Fsp3) is 0.286. The van der Waals surface area contributed by atoms with Crippen LogP contribution in [0.2, 0.25) is 0 Å². The summed E-state index contributed by atoms with van der Waals surface area (Å²) in [6.45, 7) is 1.31. The van der Waals surface area contributed by atoms with Crippen LogP contribution in [0.15, 0.2) is 24.1 Å². The van der Waals surface area contributed by atoms with Gasteiger partial charge in [-0.3, -0.25) is 4.79 Å². The number of halogens is 1. The van der Waals surface area contributed by atoms with Crippen LogP contribution in [0.25, 0.3) is 0 Å². The van der Waals surface area contributed by atoms with E-state index in [1.54, 1.807) is 0 Å². The molecule has 3 heteroatoms. The quantitative estimate of drug-likeness (QED) is 0.541. The van der Waals surface area contributed by atoms with Crippen LogP contribution in [0.5, 0.6) is 0 Å². The molecule has 0 aromatic carbocycles. The first kappa shape index (κ1) is 7.15. The van der Waals surface area contributed by atoms with Gasteiger partial charge in [-0.15, -0.1) is 0 Å². The Balaban J connectivity index is 2.96. The predicted molar refractivity (Wildman–Crippen MR) is 34.0 cm³/mol. The molecular formula is C7H7FO2. The molecule has 0 fully saturated rings. The summed E-state index contributed by atoms with van der Waals surface area (Å²) in [6.07, 6.45) is 2.98. The summed E-state index contributed by atoms with van der Waals surface area (Å²) in [5.74, 6) is -1.23. The van der Waals surface area contributed by atoms with Gasteiger partial charge in [-0.25, -0.2) is 4.39 Å². The maximum Gasteiger partial charge on any atom is 0.193 e. The van der Waals surface area contributed by atoms with E-state index in [4.69, 9.17) is 5.11 Å². The van der Waals surface area contributed by atoms with E-state index in [2.05, 4.69) is 0 Å². The molecule has 0 spiro atoms. The minimum Gasteiger partial charge on any atom is -0.378 e.